The smallest absolute Gasteiger partial charge is 0.339 e. The Morgan fingerprint density at radius 2 is 1.81 bits per heavy atom. The highest BCUT2D eigenvalue weighted by Gasteiger charge is 2.39. The number of amides is 1. The number of halogens is 6. The van der Waals surface area contributed by atoms with Crippen LogP contribution >= 0.6 is 23.2 Å². The highest BCUT2D eigenvalue weighted by Crippen LogP contribution is 2.35. The quantitative estimate of drug-likeness (QED) is 0.322. The first kappa shape index (κ1) is 29.6. The molecular formula is C26H32Cl2F4N4O. The Labute approximate surface area is 225 Å². The lowest BCUT2D eigenvalue weighted by Gasteiger charge is -2.29. The van der Waals surface area contributed by atoms with Gasteiger partial charge in [0.05, 0.1) is 22.2 Å². The molecule has 0 aliphatic carbocycles. The van der Waals surface area contributed by atoms with Gasteiger partial charge in [-0.05, 0) is 76.0 Å². The molecule has 2 atom stereocenters. The molecule has 2 aromatic rings. The summed E-state index contributed by atoms with van der Waals surface area (Å²) in [6.07, 6.45) is -3.83. The Bertz CT molecular complexity index is 1080. The fourth-order valence-electron chi connectivity index (χ4n) is 4.63. The fourth-order valence-corrected chi connectivity index (χ4v) is 4.93. The molecule has 0 bridgehead atoms. The largest absolute Gasteiger partial charge is 0.419 e. The number of benzene rings is 2. The number of alkyl halides is 3. The van der Waals surface area contributed by atoms with Crippen LogP contribution in [0, 0.1) is 5.82 Å². The van der Waals surface area contributed by atoms with Gasteiger partial charge >= 0.3 is 6.18 Å². The molecule has 1 fully saturated rings. The molecule has 3 rings (SSSR count). The summed E-state index contributed by atoms with van der Waals surface area (Å²) in [7, 11) is 5.81. The van der Waals surface area contributed by atoms with Crippen molar-refractivity contribution in [3.05, 3.63) is 69.0 Å². The number of hydrogen-bond acceptors (Lipinski definition) is 4. The minimum absolute atomic E-state index is 0.0358. The molecule has 0 unspecified atom stereocenters. The van der Waals surface area contributed by atoms with Crippen molar-refractivity contribution in [3.63, 3.8) is 0 Å². The summed E-state index contributed by atoms with van der Waals surface area (Å²) < 4.78 is 53.0. The molecule has 0 aromatic heterocycles. The summed E-state index contributed by atoms with van der Waals surface area (Å²) in [6, 6.07) is 8.15. The van der Waals surface area contributed by atoms with Crippen LogP contribution in [0.3, 0.4) is 0 Å². The first-order valence-corrected chi connectivity index (χ1v) is 12.8. The van der Waals surface area contributed by atoms with Gasteiger partial charge in [0.2, 0.25) is 5.91 Å². The SMILES string of the molecule is CN(C)CCCNCC(=O)N1C[C@H](c2ccc(Cl)c(Cl)c2)[C@@H](N(C)Cc2ccc(C(F)(F)F)c(F)c2)C1. The number of hydrogen-bond donors (Lipinski definition) is 1. The zero-order chi connectivity index (χ0) is 27.3. The monoisotopic (exact) mass is 562 g/mol. The molecular weight excluding hydrogens is 531 g/mol. The van der Waals surface area contributed by atoms with Crippen molar-refractivity contribution < 1.29 is 22.4 Å². The van der Waals surface area contributed by atoms with E-state index < -0.39 is 17.6 Å². The van der Waals surface area contributed by atoms with E-state index in [4.69, 9.17) is 23.2 Å². The predicted octanol–water partition coefficient (Wildman–Crippen LogP) is 5.12. The third-order valence-electron chi connectivity index (χ3n) is 6.59. The van der Waals surface area contributed by atoms with Crippen molar-refractivity contribution in [2.75, 3.05) is 53.9 Å². The van der Waals surface area contributed by atoms with Crippen molar-refractivity contribution >= 4 is 29.1 Å². The third-order valence-corrected chi connectivity index (χ3v) is 7.32. The van der Waals surface area contributed by atoms with E-state index in [-0.39, 0.29) is 31.0 Å². The topological polar surface area (TPSA) is 38.8 Å². The van der Waals surface area contributed by atoms with E-state index in [9.17, 15) is 22.4 Å². The standard InChI is InChI=1S/C26H32Cl2F4N4O/c1-34(2)10-4-9-33-13-25(37)36-15-19(18-6-8-21(27)22(28)12-18)24(16-36)35(3)14-17-5-7-20(23(29)11-17)26(30,31)32/h5-8,11-12,19,24,33H,4,9-10,13-16H2,1-3H3/t19-,24+/m1/s1. The second-order valence-electron chi connectivity index (χ2n) is 9.71. The van der Waals surface area contributed by atoms with Gasteiger partial charge in [0, 0.05) is 31.6 Å². The van der Waals surface area contributed by atoms with E-state index in [1.807, 2.05) is 32.1 Å². The Balaban J connectivity index is 1.74. The number of carbonyl (C=O) groups is 1. The van der Waals surface area contributed by atoms with E-state index in [0.717, 1.165) is 37.2 Å². The first-order valence-electron chi connectivity index (χ1n) is 12.0. The minimum Gasteiger partial charge on any atom is -0.339 e. The third kappa shape index (κ3) is 8.04. The maximum Gasteiger partial charge on any atom is 0.419 e. The van der Waals surface area contributed by atoms with Gasteiger partial charge in [0.1, 0.15) is 5.82 Å². The van der Waals surface area contributed by atoms with Crippen LogP contribution in [0.2, 0.25) is 10.0 Å². The molecule has 1 saturated heterocycles. The van der Waals surface area contributed by atoms with Crippen molar-refractivity contribution in [1.82, 2.24) is 20.0 Å². The Hall–Kier alpha value is -1.91. The summed E-state index contributed by atoms with van der Waals surface area (Å²) in [4.78, 5) is 18.8. The van der Waals surface area contributed by atoms with Gasteiger partial charge in [0.15, 0.2) is 0 Å². The maximum atomic E-state index is 14.2. The molecule has 0 saturated carbocycles. The second-order valence-corrected chi connectivity index (χ2v) is 10.5. The molecule has 1 aliphatic rings. The van der Waals surface area contributed by atoms with E-state index in [1.54, 1.807) is 17.0 Å². The molecule has 5 nitrogen and oxygen atoms in total. The lowest BCUT2D eigenvalue weighted by Crippen LogP contribution is -2.40. The van der Waals surface area contributed by atoms with Crippen molar-refractivity contribution in [3.8, 4) is 0 Å². The van der Waals surface area contributed by atoms with Gasteiger partial charge in [-0.2, -0.15) is 13.2 Å². The highest BCUT2D eigenvalue weighted by atomic mass is 35.5. The minimum atomic E-state index is -4.75. The molecule has 2 aromatic carbocycles. The van der Waals surface area contributed by atoms with Crippen LogP contribution in [0.1, 0.15) is 29.0 Å². The normalized spacial score (nSPS) is 18.3. The molecule has 204 valence electrons. The number of nitrogens with one attached hydrogen (secondary N) is 1. The lowest BCUT2D eigenvalue weighted by atomic mass is 9.93. The number of rotatable bonds is 10. The van der Waals surface area contributed by atoms with E-state index in [0.29, 0.717) is 28.7 Å². The Morgan fingerprint density at radius 3 is 2.43 bits per heavy atom. The number of carbonyl (C=O) groups excluding carboxylic acids is 1. The molecule has 0 spiro atoms. The van der Waals surface area contributed by atoms with E-state index >= 15 is 0 Å². The van der Waals surface area contributed by atoms with Crippen LogP contribution < -0.4 is 5.32 Å². The van der Waals surface area contributed by atoms with Crippen LogP contribution in [0.15, 0.2) is 36.4 Å². The van der Waals surface area contributed by atoms with Crippen LogP contribution in [0.4, 0.5) is 17.6 Å². The van der Waals surface area contributed by atoms with Gasteiger partial charge in [-0.1, -0.05) is 35.3 Å². The average molecular weight is 563 g/mol. The average Bonchev–Trinajstić information content (AvgIpc) is 3.25. The fraction of sp³-hybridized carbons (Fsp3) is 0.500. The molecule has 11 heteroatoms. The van der Waals surface area contributed by atoms with Crippen LogP contribution in [0.5, 0.6) is 0 Å². The van der Waals surface area contributed by atoms with Crippen molar-refractivity contribution in [2.24, 2.45) is 0 Å². The van der Waals surface area contributed by atoms with Gasteiger partial charge < -0.3 is 15.1 Å². The van der Waals surface area contributed by atoms with Gasteiger partial charge in [-0.25, -0.2) is 4.39 Å². The molecule has 1 amide bonds. The van der Waals surface area contributed by atoms with Crippen LogP contribution in [-0.4, -0.2) is 80.5 Å². The number of nitrogens with zero attached hydrogens (tertiary/aromatic N) is 3. The van der Waals surface area contributed by atoms with Crippen molar-refractivity contribution in [1.29, 1.82) is 0 Å². The van der Waals surface area contributed by atoms with Gasteiger partial charge in [-0.3, -0.25) is 9.69 Å². The van der Waals surface area contributed by atoms with Gasteiger partial charge in [-0.15, -0.1) is 0 Å². The first-order chi connectivity index (χ1) is 17.4. The van der Waals surface area contributed by atoms with Crippen LogP contribution in [0.25, 0.3) is 0 Å². The number of likely N-dealkylation sites (N-methyl/N-ethyl adjacent to an activating group) is 1. The zero-order valence-electron chi connectivity index (χ0n) is 21.1. The summed E-state index contributed by atoms with van der Waals surface area (Å²) in [5.41, 5.74) is 0.0237. The Morgan fingerprint density at radius 1 is 1.08 bits per heavy atom. The summed E-state index contributed by atoms with van der Waals surface area (Å²) in [6.45, 7) is 2.93. The predicted molar refractivity (Wildman–Crippen MR) is 138 cm³/mol. The molecule has 1 N–H and O–H groups in total. The summed E-state index contributed by atoms with van der Waals surface area (Å²) in [5, 5.41) is 4.01. The molecule has 37 heavy (non-hydrogen) atoms. The van der Waals surface area contributed by atoms with E-state index in [1.165, 1.54) is 6.07 Å². The Kier molecular flexibility index (Phi) is 10.2. The zero-order valence-corrected chi connectivity index (χ0v) is 22.6. The van der Waals surface area contributed by atoms with Gasteiger partial charge in [0.25, 0.3) is 0 Å². The second kappa shape index (κ2) is 12.8. The number of likely N-dealkylation sites (tertiary alicyclic amines) is 1. The summed E-state index contributed by atoms with van der Waals surface area (Å²) >= 11 is 12.4. The van der Waals surface area contributed by atoms with Crippen molar-refractivity contribution in [2.45, 2.75) is 31.1 Å². The molecule has 1 aliphatic heterocycles. The lowest BCUT2D eigenvalue weighted by molar-refractivity contribution is -0.140. The molecule has 1 heterocycles. The van der Waals surface area contributed by atoms with Crippen LogP contribution in [-0.2, 0) is 17.5 Å². The summed E-state index contributed by atoms with van der Waals surface area (Å²) in [5.74, 6) is -1.45. The van der Waals surface area contributed by atoms with E-state index in [2.05, 4.69) is 10.2 Å². The highest BCUT2D eigenvalue weighted by molar-refractivity contribution is 6.42. The molecule has 0 radical (unpaired) electrons. The maximum absolute atomic E-state index is 14.2.